The van der Waals surface area contributed by atoms with Crippen LogP contribution in [-0.4, -0.2) is 15.5 Å². The topological polar surface area (TPSA) is 87.5 Å². The molecule has 0 saturated heterocycles. The molecule has 4 aromatic rings. The Kier molecular flexibility index (Phi) is 4.10. The summed E-state index contributed by atoms with van der Waals surface area (Å²) in [4.78, 5) is 28.2. The molecule has 0 atom stereocenters. The Bertz CT molecular complexity index is 1110. The molecule has 0 bridgehead atoms. The molecule has 4 rings (SSSR count). The maximum Gasteiger partial charge on any atom is 0.420 e. The molecule has 0 fully saturated rings. The van der Waals surface area contributed by atoms with Gasteiger partial charge in [-0.3, -0.25) is 9.36 Å². The van der Waals surface area contributed by atoms with Crippen molar-refractivity contribution in [3.8, 4) is 11.5 Å². The summed E-state index contributed by atoms with van der Waals surface area (Å²) in [6, 6.07) is 16.3. The monoisotopic (exact) mass is 350 g/mol. The number of benzene rings is 2. The normalized spacial score (nSPS) is 10.9. The van der Waals surface area contributed by atoms with Crippen molar-refractivity contribution in [1.82, 2.24) is 9.55 Å². The minimum Gasteiger partial charge on any atom is -0.458 e. The first-order chi connectivity index (χ1) is 12.7. The van der Waals surface area contributed by atoms with E-state index in [4.69, 9.17) is 13.6 Å². The van der Waals surface area contributed by atoms with E-state index in [1.165, 1.54) is 10.8 Å². The molecule has 0 amide bonds. The number of rotatable bonds is 5. The summed E-state index contributed by atoms with van der Waals surface area (Å²) >= 11 is 0. The van der Waals surface area contributed by atoms with Gasteiger partial charge in [-0.1, -0.05) is 30.3 Å². The number of fused-ring (bicyclic) bond motifs is 1. The zero-order chi connectivity index (χ0) is 17.9. The molecule has 0 radical (unpaired) electrons. The highest BCUT2D eigenvalue weighted by atomic mass is 16.5. The molecule has 0 N–H and O–H groups in total. The number of hydrogen-bond donors (Lipinski definition) is 0. The van der Waals surface area contributed by atoms with Gasteiger partial charge in [-0.15, -0.1) is 0 Å². The molecule has 130 valence electrons. The van der Waals surface area contributed by atoms with Crippen LogP contribution in [0, 0.1) is 0 Å². The summed E-state index contributed by atoms with van der Waals surface area (Å²) in [5.41, 5.74) is 2.29. The lowest BCUT2D eigenvalue weighted by molar-refractivity contribution is -0.145. The number of hydrogen-bond acceptors (Lipinski definition) is 6. The van der Waals surface area contributed by atoms with Gasteiger partial charge in [0.2, 0.25) is 5.89 Å². The summed E-state index contributed by atoms with van der Waals surface area (Å²) < 4.78 is 16.9. The van der Waals surface area contributed by atoms with Crippen molar-refractivity contribution >= 4 is 17.1 Å². The summed E-state index contributed by atoms with van der Waals surface area (Å²) in [6.45, 7) is -0.279. The van der Waals surface area contributed by atoms with E-state index in [0.717, 1.165) is 5.56 Å². The molecular formula is C19H14N2O5. The second-order valence-corrected chi connectivity index (χ2v) is 5.59. The fraction of sp³-hybridized carbons (Fsp3) is 0.105. The maximum absolute atomic E-state index is 12.1. The molecule has 0 unspecified atom stereocenters. The van der Waals surface area contributed by atoms with Gasteiger partial charge < -0.3 is 13.6 Å². The van der Waals surface area contributed by atoms with Gasteiger partial charge >= 0.3 is 11.7 Å². The van der Waals surface area contributed by atoms with Gasteiger partial charge in [0, 0.05) is 5.56 Å². The van der Waals surface area contributed by atoms with Crippen LogP contribution < -0.4 is 5.76 Å². The van der Waals surface area contributed by atoms with Crippen molar-refractivity contribution in [1.29, 1.82) is 0 Å². The number of nitrogens with zero attached hydrogens (tertiary/aromatic N) is 2. The smallest absolute Gasteiger partial charge is 0.420 e. The van der Waals surface area contributed by atoms with Crippen molar-refractivity contribution in [3.05, 3.63) is 77.1 Å². The van der Waals surface area contributed by atoms with Crippen molar-refractivity contribution in [2.75, 3.05) is 0 Å². The Labute approximate surface area is 147 Å². The largest absolute Gasteiger partial charge is 0.458 e. The summed E-state index contributed by atoms with van der Waals surface area (Å²) in [6.07, 6.45) is 1.44. The van der Waals surface area contributed by atoms with Crippen molar-refractivity contribution < 1.29 is 18.4 Å². The van der Waals surface area contributed by atoms with Crippen LogP contribution in [0.1, 0.15) is 5.69 Å². The number of carbonyl (C=O) groups excluding carboxylic acids is 1. The van der Waals surface area contributed by atoms with Gasteiger partial charge in [0.05, 0.1) is 5.52 Å². The SMILES string of the molecule is O=C(Cn1c(=O)oc2ccccc21)OCc1coc(-c2ccccc2)n1. The molecule has 0 aliphatic rings. The van der Waals surface area contributed by atoms with Gasteiger partial charge in [0.25, 0.3) is 0 Å². The molecule has 26 heavy (non-hydrogen) atoms. The van der Waals surface area contributed by atoms with E-state index >= 15 is 0 Å². The van der Waals surface area contributed by atoms with Crippen LogP contribution in [-0.2, 0) is 22.7 Å². The molecule has 0 aliphatic heterocycles. The average molecular weight is 350 g/mol. The zero-order valence-corrected chi connectivity index (χ0v) is 13.6. The molecule has 0 spiro atoms. The predicted molar refractivity (Wildman–Crippen MR) is 92.2 cm³/mol. The minimum absolute atomic E-state index is 0.0420. The standard InChI is InChI=1S/C19H14N2O5/c22-17(10-21-15-8-4-5-9-16(15)26-19(21)23)24-11-14-12-25-18(20-14)13-6-2-1-3-7-13/h1-9,12H,10-11H2. The Balaban J connectivity index is 1.42. The second-order valence-electron chi connectivity index (χ2n) is 5.59. The van der Waals surface area contributed by atoms with E-state index < -0.39 is 11.7 Å². The summed E-state index contributed by atoms with van der Waals surface area (Å²) in [5.74, 6) is -0.715. The van der Waals surface area contributed by atoms with Crippen LogP contribution in [0.4, 0.5) is 0 Å². The van der Waals surface area contributed by atoms with Crippen LogP contribution in [0.5, 0.6) is 0 Å². The molecule has 7 heteroatoms. The van der Waals surface area contributed by atoms with Crippen LogP contribution in [0.15, 0.2) is 74.5 Å². The third-order valence-electron chi connectivity index (χ3n) is 3.81. The lowest BCUT2D eigenvalue weighted by Gasteiger charge is -2.03. The molecule has 2 heterocycles. The van der Waals surface area contributed by atoms with Gasteiger partial charge in [0.1, 0.15) is 25.1 Å². The van der Waals surface area contributed by atoms with Gasteiger partial charge in [-0.05, 0) is 24.3 Å². The second kappa shape index (κ2) is 6.72. The highest BCUT2D eigenvalue weighted by Crippen LogP contribution is 2.18. The first kappa shape index (κ1) is 15.9. The van der Waals surface area contributed by atoms with Gasteiger partial charge in [-0.2, -0.15) is 0 Å². The predicted octanol–water partition coefficient (Wildman–Crippen LogP) is 2.99. The van der Waals surface area contributed by atoms with E-state index in [-0.39, 0.29) is 13.2 Å². The highest BCUT2D eigenvalue weighted by molar-refractivity contribution is 5.76. The number of carbonyl (C=O) groups is 1. The highest BCUT2D eigenvalue weighted by Gasteiger charge is 2.14. The van der Waals surface area contributed by atoms with E-state index in [1.807, 2.05) is 30.3 Å². The molecule has 7 nitrogen and oxygen atoms in total. The number of para-hydroxylation sites is 2. The van der Waals surface area contributed by atoms with Gasteiger partial charge in [0.15, 0.2) is 5.58 Å². The molecule has 2 aromatic carbocycles. The van der Waals surface area contributed by atoms with Crippen molar-refractivity contribution in [2.24, 2.45) is 0 Å². The van der Waals surface area contributed by atoms with Crippen LogP contribution in [0.2, 0.25) is 0 Å². The van der Waals surface area contributed by atoms with Gasteiger partial charge in [-0.25, -0.2) is 9.78 Å². The van der Waals surface area contributed by atoms with Crippen LogP contribution >= 0.6 is 0 Å². The number of aromatic nitrogens is 2. The van der Waals surface area contributed by atoms with E-state index in [0.29, 0.717) is 22.7 Å². The van der Waals surface area contributed by atoms with E-state index in [9.17, 15) is 9.59 Å². The molecule has 0 aliphatic carbocycles. The Morgan fingerprint density at radius 2 is 1.85 bits per heavy atom. The number of esters is 1. The van der Waals surface area contributed by atoms with E-state index in [1.54, 1.807) is 24.3 Å². The Hall–Kier alpha value is -3.61. The first-order valence-electron chi connectivity index (χ1n) is 7.94. The number of ether oxygens (including phenoxy) is 1. The van der Waals surface area contributed by atoms with Crippen LogP contribution in [0.3, 0.4) is 0 Å². The zero-order valence-electron chi connectivity index (χ0n) is 13.6. The third kappa shape index (κ3) is 3.14. The Morgan fingerprint density at radius 3 is 2.69 bits per heavy atom. The minimum atomic E-state index is -0.601. The number of oxazole rings is 2. The Morgan fingerprint density at radius 1 is 1.08 bits per heavy atom. The van der Waals surface area contributed by atoms with E-state index in [2.05, 4.69) is 4.98 Å². The molecule has 0 saturated carbocycles. The lowest BCUT2D eigenvalue weighted by atomic mass is 10.2. The lowest BCUT2D eigenvalue weighted by Crippen LogP contribution is -2.21. The third-order valence-corrected chi connectivity index (χ3v) is 3.81. The van der Waals surface area contributed by atoms with Crippen molar-refractivity contribution in [2.45, 2.75) is 13.2 Å². The summed E-state index contributed by atoms with van der Waals surface area (Å²) in [5, 5.41) is 0. The van der Waals surface area contributed by atoms with Crippen LogP contribution in [0.25, 0.3) is 22.6 Å². The summed E-state index contributed by atoms with van der Waals surface area (Å²) in [7, 11) is 0. The molecular weight excluding hydrogens is 336 g/mol. The fourth-order valence-corrected chi connectivity index (χ4v) is 2.58. The quantitative estimate of drug-likeness (QED) is 0.514. The first-order valence-corrected chi connectivity index (χ1v) is 7.94. The van der Waals surface area contributed by atoms with Crippen molar-refractivity contribution in [3.63, 3.8) is 0 Å². The fourth-order valence-electron chi connectivity index (χ4n) is 2.58. The average Bonchev–Trinajstić information content (AvgIpc) is 3.26. The maximum atomic E-state index is 12.1. The molecule has 2 aromatic heterocycles.